The molecule has 1 unspecified atom stereocenters. The van der Waals surface area contributed by atoms with Gasteiger partial charge in [-0.1, -0.05) is 13.8 Å². The molecule has 86 valence electrons. The molecule has 0 N–H and O–H groups in total. The number of carbonyl (C=O) groups excluding carboxylic acids is 1. The lowest BCUT2D eigenvalue weighted by Crippen LogP contribution is -2.43. The Labute approximate surface area is 97.9 Å². The number of carbonyl (C=O) groups is 1. The van der Waals surface area contributed by atoms with Crippen LogP contribution in [0.3, 0.4) is 0 Å². The van der Waals surface area contributed by atoms with E-state index in [0.717, 1.165) is 0 Å². The molecule has 0 aromatic rings. The summed E-state index contributed by atoms with van der Waals surface area (Å²) in [4.78, 5) is 13.7. The summed E-state index contributed by atoms with van der Waals surface area (Å²) in [6, 6.07) is 2.18. The van der Waals surface area contributed by atoms with E-state index in [2.05, 4.69) is 18.7 Å². The van der Waals surface area contributed by atoms with E-state index in [1.165, 1.54) is 0 Å². The predicted molar refractivity (Wildman–Crippen MR) is 64.7 cm³/mol. The highest BCUT2D eigenvalue weighted by atomic mass is 32.1. The predicted octanol–water partition coefficient (Wildman–Crippen LogP) is 2.09. The van der Waals surface area contributed by atoms with Gasteiger partial charge in [-0.15, -0.1) is 0 Å². The number of nitriles is 1. The molecule has 0 saturated heterocycles. The van der Waals surface area contributed by atoms with Crippen molar-refractivity contribution >= 4 is 18.5 Å². The molecule has 15 heavy (non-hydrogen) atoms. The molecule has 1 atom stereocenters. The van der Waals surface area contributed by atoms with Crippen LogP contribution >= 0.6 is 12.6 Å². The van der Waals surface area contributed by atoms with Gasteiger partial charge in [0.05, 0.1) is 17.7 Å². The van der Waals surface area contributed by atoms with Gasteiger partial charge in [0.15, 0.2) is 0 Å². The minimum absolute atomic E-state index is 0.0265. The monoisotopic (exact) mass is 228 g/mol. The molecular weight excluding hydrogens is 208 g/mol. The first-order chi connectivity index (χ1) is 6.91. The fourth-order valence-corrected chi connectivity index (χ4v) is 1.40. The Morgan fingerprint density at radius 1 is 1.40 bits per heavy atom. The molecule has 0 aromatic carbocycles. The van der Waals surface area contributed by atoms with E-state index in [-0.39, 0.29) is 23.1 Å². The average molecular weight is 228 g/mol. The number of thiol groups is 1. The fraction of sp³-hybridized carbons (Fsp3) is 0.818. The molecule has 0 bridgehead atoms. The Morgan fingerprint density at radius 3 is 2.27 bits per heavy atom. The van der Waals surface area contributed by atoms with Crippen molar-refractivity contribution in [3.8, 4) is 6.07 Å². The van der Waals surface area contributed by atoms with Crippen LogP contribution in [0, 0.1) is 17.2 Å². The highest BCUT2D eigenvalue weighted by Gasteiger charge is 2.25. The van der Waals surface area contributed by atoms with Gasteiger partial charge in [-0.3, -0.25) is 4.79 Å². The van der Waals surface area contributed by atoms with Gasteiger partial charge >= 0.3 is 0 Å². The van der Waals surface area contributed by atoms with Crippen LogP contribution in [0.25, 0.3) is 0 Å². The zero-order valence-corrected chi connectivity index (χ0v) is 10.8. The van der Waals surface area contributed by atoms with Crippen LogP contribution in [0.1, 0.15) is 34.1 Å². The SMILES string of the molecule is CC(C)C(S)C(=O)N(CCC#N)C(C)C. The second-order valence-corrected chi connectivity index (χ2v) is 4.78. The standard InChI is InChI=1S/C11H20N2OS/c1-8(2)10(15)11(14)13(9(3)4)7-5-6-12/h8-10,15H,5,7H2,1-4H3. The Kier molecular flexibility index (Phi) is 6.42. The molecule has 0 aliphatic carbocycles. The third-order valence-electron chi connectivity index (χ3n) is 2.26. The molecule has 0 spiro atoms. The maximum Gasteiger partial charge on any atom is 0.235 e. The lowest BCUT2D eigenvalue weighted by atomic mass is 10.1. The quantitative estimate of drug-likeness (QED) is 0.732. The first kappa shape index (κ1) is 14.3. The molecule has 0 fully saturated rings. The van der Waals surface area contributed by atoms with Crippen molar-refractivity contribution in [2.75, 3.05) is 6.54 Å². The third-order valence-corrected chi connectivity index (χ3v) is 3.07. The van der Waals surface area contributed by atoms with Crippen molar-refractivity contribution in [1.29, 1.82) is 5.26 Å². The number of rotatable bonds is 5. The van der Waals surface area contributed by atoms with Gasteiger partial charge < -0.3 is 4.90 Å². The molecule has 0 rings (SSSR count). The van der Waals surface area contributed by atoms with Crippen LogP contribution < -0.4 is 0 Å². The van der Waals surface area contributed by atoms with Crippen molar-refractivity contribution in [1.82, 2.24) is 4.90 Å². The second kappa shape index (κ2) is 6.73. The molecule has 0 radical (unpaired) electrons. The zero-order chi connectivity index (χ0) is 12.0. The van der Waals surface area contributed by atoms with Gasteiger partial charge in [0.2, 0.25) is 5.91 Å². The van der Waals surface area contributed by atoms with E-state index >= 15 is 0 Å². The van der Waals surface area contributed by atoms with Gasteiger partial charge in [-0.2, -0.15) is 17.9 Å². The minimum atomic E-state index is -0.272. The summed E-state index contributed by atoms with van der Waals surface area (Å²) in [7, 11) is 0. The molecule has 0 heterocycles. The lowest BCUT2D eigenvalue weighted by molar-refractivity contribution is -0.132. The molecule has 0 saturated carbocycles. The van der Waals surface area contributed by atoms with Crippen LogP contribution in [0.15, 0.2) is 0 Å². The van der Waals surface area contributed by atoms with Crippen molar-refractivity contribution in [3.05, 3.63) is 0 Å². The number of hydrogen-bond acceptors (Lipinski definition) is 3. The second-order valence-electron chi connectivity index (χ2n) is 4.22. The van der Waals surface area contributed by atoms with Crippen molar-refractivity contribution in [2.24, 2.45) is 5.92 Å². The van der Waals surface area contributed by atoms with Gasteiger partial charge in [0.25, 0.3) is 0 Å². The molecule has 0 aliphatic heterocycles. The Morgan fingerprint density at radius 2 is 1.93 bits per heavy atom. The summed E-state index contributed by atoms with van der Waals surface area (Å²) < 4.78 is 0. The van der Waals surface area contributed by atoms with Crippen LogP contribution in [0.2, 0.25) is 0 Å². The highest BCUT2D eigenvalue weighted by molar-refractivity contribution is 7.81. The minimum Gasteiger partial charge on any atom is -0.338 e. The first-order valence-corrected chi connectivity index (χ1v) is 5.79. The molecular formula is C11H20N2OS. The average Bonchev–Trinajstić information content (AvgIpc) is 2.16. The van der Waals surface area contributed by atoms with Crippen molar-refractivity contribution in [2.45, 2.75) is 45.4 Å². The molecule has 0 aromatic heterocycles. The molecule has 3 nitrogen and oxygen atoms in total. The highest BCUT2D eigenvalue weighted by Crippen LogP contribution is 2.14. The number of amides is 1. The Balaban J connectivity index is 4.49. The summed E-state index contributed by atoms with van der Waals surface area (Å²) in [5.41, 5.74) is 0. The van der Waals surface area contributed by atoms with Crippen molar-refractivity contribution in [3.63, 3.8) is 0 Å². The first-order valence-electron chi connectivity index (χ1n) is 5.27. The van der Waals surface area contributed by atoms with E-state index in [1.54, 1.807) is 4.90 Å². The third kappa shape index (κ3) is 4.57. The van der Waals surface area contributed by atoms with Crippen LogP contribution in [0.5, 0.6) is 0 Å². The molecule has 0 aliphatic rings. The Bertz CT molecular complexity index is 245. The van der Waals surface area contributed by atoms with E-state index in [1.807, 2.05) is 27.7 Å². The molecule has 1 amide bonds. The maximum atomic E-state index is 12.0. The number of hydrogen-bond donors (Lipinski definition) is 1. The van der Waals surface area contributed by atoms with Crippen LogP contribution in [-0.4, -0.2) is 28.6 Å². The van der Waals surface area contributed by atoms with Crippen LogP contribution in [-0.2, 0) is 4.79 Å². The van der Waals surface area contributed by atoms with Gasteiger partial charge in [0, 0.05) is 12.6 Å². The largest absolute Gasteiger partial charge is 0.338 e. The molecule has 4 heteroatoms. The fourth-order valence-electron chi connectivity index (χ4n) is 1.25. The summed E-state index contributed by atoms with van der Waals surface area (Å²) in [6.07, 6.45) is 0.377. The summed E-state index contributed by atoms with van der Waals surface area (Å²) in [5, 5.41) is 8.25. The normalized spacial score (nSPS) is 12.7. The van der Waals surface area contributed by atoms with E-state index in [9.17, 15) is 4.79 Å². The smallest absolute Gasteiger partial charge is 0.235 e. The summed E-state index contributed by atoms with van der Waals surface area (Å²) >= 11 is 4.30. The number of nitrogens with zero attached hydrogens (tertiary/aromatic N) is 2. The van der Waals surface area contributed by atoms with Gasteiger partial charge in [-0.05, 0) is 19.8 Å². The zero-order valence-electron chi connectivity index (χ0n) is 9.90. The summed E-state index contributed by atoms with van der Waals surface area (Å²) in [6.45, 7) is 8.35. The Hall–Kier alpha value is -0.690. The van der Waals surface area contributed by atoms with E-state index < -0.39 is 0 Å². The van der Waals surface area contributed by atoms with E-state index in [0.29, 0.717) is 13.0 Å². The van der Waals surface area contributed by atoms with Gasteiger partial charge in [-0.25, -0.2) is 0 Å². The van der Waals surface area contributed by atoms with Crippen LogP contribution in [0.4, 0.5) is 0 Å². The van der Waals surface area contributed by atoms with E-state index in [4.69, 9.17) is 5.26 Å². The topological polar surface area (TPSA) is 44.1 Å². The van der Waals surface area contributed by atoms with Gasteiger partial charge in [0.1, 0.15) is 0 Å². The lowest BCUT2D eigenvalue weighted by Gasteiger charge is -2.29. The maximum absolute atomic E-state index is 12.0. The van der Waals surface area contributed by atoms with Crippen molar-refractivity contribution < 1.29 is 4.79 Å². The summed E-state index contributed by atoms with van der Waals surface area (Å²) in [5.74, 6) is 0.239.